The van der Waals surface area contributed by atoms with Crippen molar-refractivity contribution >= 4 is 5.91 Å². The van der Waals surface area contributed by atoms with E-state index in [-0.39, 0.29) is 11.7 Å². The fourth-order valence-electron chi connectivity index (χ4n) is 1.98. The molecule has 1 amide bonds. The molecule has 0 saturated carbocycles. The lowest BCUT2D eigenvalue weighted by atomic mass is 10.1. The minimum Gasteiger partial charge on any atom is -0.345 e. The molecule has 100 valence electrons. The third kappa shape index (κ3) is 3.25. The summed E-state index contributed by atoms with van der Waals surface area (Å²) in [5.74, 6) is -0.558. The van der Waals surface area contributed by atoms with Crippen LogP contribution in [0.1, 0.15) is 29.4 Å². The minimum absolute atomic E-state index is 0.182. The van der Waals surface area contributed by atoms with Crippen molar-refractivity contribution in [3.63, 3.8) is 0 Å². The van der Waals surface area contributed by atoms with Crippen LogP contribution in [-0.2, 0) is 0 Å². The maximum Gasteiger partial charge on any atom is 0.271 e. The third-order valence-electron chi connectivity index (χ3n) is 2.90. The van der Waals surface area contributed by atoms with Crippen molar-refractivity contribution in [2.75, 3.05) is 19.6 Å². The topological polar surface area (TPSA) is 59.0 Å². The first-order valence-electron chi connectivity index (χ1n) is 5.99. The summed E-state index contributed by atoms with van der Waals surface area (Å²) < 4.78 is 25.6. The average molecular weight is 258 g/mol. The molecule has 5 nitrogen and oxygen atoms in total. The van der Waals surface area contributed by atoms with E-state index in [0.29, 0.717) is 0 Å². The Kier molecular flexibility index (Phi) is 4.24. The zero-order chi connectivity index (χ0) is 13.0. The highest BCUT2D eigenvalue weighted by molar-refractivity contribution is 5.92. The normalized spacial score (nSPS) is 20.1. The van der Waals surface area contributed by atoms with Gasteiger partial charge in [0.2, 0.25) is 0 Å². The largest absolute Gasteiger partial charge is 0.345 e. The molecule has 0 radical (unpaired) electrons. The van der Waals surface area contributed by atoms with E-state index in [1.165, 1.54) is 0 Å². The number of nitrogens with one attached hydrogen (secondary N) is 2. The number of hydrogen-bond donors (Lipinski definition) is 2. The summed E-state index contributed by atoms with van der Waals surface area (Å²) in [4.78, 5) is 11.5. The van der Waals surface area contributed by atoms with Gasteiger partial charge in [0.05, 0.1) is 12.6 Å². The number of amides is 1. The maximum absolute atomic E-state index is 12.0. The minimum atomic E-state index is -2.54. The van der Waals surface area contributed by atoms with E-state index >= 15 is 0 Å². The number of nitrogens with zero attached hydrogens (tertiary/aromatic N) is 2. The Hall–Kier alpha value is -1.50. The first-order chi connectivity index (χ1) is 8.66. The van der Waals surface area contributed by atoms with Gasteiger partial charge in [-0.2, -0.15) is 5.10 Å². The Labute approximate surface area is 104 Å². The van der Waals surface area contributed by atoms with E-state index in [0.717, 1.165) is 25.9 Å². The lowest BCUT2D eigenvalue weighted by Crippen LogP contribution is -2.32. The summed E-state index contributed by atoms with van der Waals surface area (Å²) in [6.07, 6.45) is 1.25. The van der Waals surface area contributed by atoms with Crippen LogP contribution < -0.4 is 10.6 Å². The molecule has 1 unspecified atom stereocenters. The number of halogens is 2. The zero-order valence-electron chi connectivity index (χ0n) is 9.90. The molecular formula is C11H16F2N4O. The number of carbonyl (C=O) groups is 1. The lowest BCUT2D eigenvalue weighted by Gasteiger charge is -2.22. The van der Waals surface area contributed by atoms with Gasteiger partial charge >= 0.3 is 0 Å². The van der Waals surface area contributed by atoms with Crippen molar-refractivity contribution in [2.24, 2.45) is 0 Å². The quantitative estimate of drug-likeness (QED) is 0.840. The molecule has 7 heteroatoms. The summed E-state index contributed by atoms with van der Waals surface area (Å²) in [6.45, 7) is 1.18. The van der Waals surface area contributed by atoms with E-state index in [4.69, 9.17) is 0 Å². The van der Waals surface area contributed by atoms with Gasteiger partial charge in [0, 0.05) is 12.7 Å². The third-order valence-corrected chi connectivity index (χ3v) is 2.90. The molecule has 1 aliphatic rings. The highest BCUT2D eigenvalue weighted by Crippen LogP contribution is 2.15. The molecule has 2 N–H and O–H groups in total. The molecule has 1 aliphatic heterocycles. The van der Waals surface area contributed by atoms with Crippen LogP contribution in [0.3, 0.4) is 0 Å². The van der Waals surface area contributed by atoms with E-state index in [1.54, 1.807) is 16.9 Å². The van der Waals surface area contributed by atoms with Gasteiger partial charge in [-0.3, -0.25) is 9.48 Å². The maximum atomic E-state index is 12.0. The standard InChI is InChI=1S/C11H16F2N4O/c12-10(13)7-15-11(18)9-3-5-17(16-9)8-2-1-4-14-6-8/h3,5,8,10,14H,1-2,4,6-7H2,(H,15,18). The molecule has 1 saturated heterocycles. The van der Waals surface area contributed by atoms with Crippen molar-refractivity contribution < 1.29 is 13.6 Å². The number of hydrogen-bond acceptors (Lipinski definition) is 3. The average Bonchev–Trinajstić information content (AvgIpc) is 2.86. The molecule has 1 atom stereocenters. The van der Waals surface area contributed by atoms with Gasteiger partial charge in [-0.25, -0.2) is 8.78 Å². The molecule has 2 heterocycles. The van der Waals surface area contributed by atoms with E-state index in [9.17, 15) is 13.6 Å². The number of alkyl halides is 2. The summed E-state index contributed by atoms with van der Waals surface area (Å²) in [5, 5.41) is 9.52. The SMILES string of the molecule is O=C(NCC(F)F)c1ccn(C2CCCNC2)n1. The molecular weight excluding hydrogens is 242 g/mol. The molecule has 0 spiro atoms. The Balaban J connectivity index is 1.94. The van der Waals surface area contributed by atoms with Crippen LogP contribution in [-0.4, -0.2) is 41.7 Å². The number of rotatable bonds is 4. The van der Waals surface area contributed by atoms with Crippen molar-refractivity contribution in [1.29, 1.82) is 0 Å². The fraction of sp³-hybridized carbons (Fsp3) is 0.636. The van der Waals surface area contributed by atoms with E-state index < -0.39 is 18.9 Å². The first kappa shape index (κ1) is 12.9. The highest BCUT2D eigenvalue weighted by Gasteiger charge is 2.18. The van der Waals surface area contributed by atoms with Gasteiger partial charge in [0.1, 0.15) is 5.69 Å². The zero-order valence-corrected chi connectivity index (χ0v) is 9.90. The summed E-state index contributed by atoms with van der Waals surface area (Å²) in [7, 11) is 0. The summed E-state index contributed by atoms with van der Waals surface area (Å²) >= 11 is 0. The van der Waals surface area contributed by atoms with Crippen LogP contribution in [0.25, 0.3) is 0 Å². The number of carbonyl (C=O) groups excluding carboxylic acids is 1. The van der Waals surface area contributed by atoms with Crippen molar-refractivity contribution in [1.82, 2.24) is 20.4 Å². The summed E-state index contributed by atoms with van der Waals surface area (Å²) in [5.41, 5.74) is 0.182. The molecule has 1 aromatic heterocycles. The highest BCUT2D eigenvalue weighted by atomic mass is 19.3. The molecule has 2 rings (SSSR count). The van der Waals surface area contributed by atoms with Crippen molar-refractivity contribution in [2.45, 2.75) is 25.3 Å². The molecule has 0 aliphatic carbocycles. The van der Waals surface area contributed by atoms with Gasteiger partial charge in [-0.15, -0.1) is 0 Å². The van der Waals surface area contributed by atoms with E-state index in [2.05, 4.69) is 15.7 Å². The van der Waals surface area contributed by atoms with Crippen LogP contribution in [0.4, 0.5) is 8.78 Å². The van der Waals surface area contributed by atoms with Crippen LogP contribution in [0.5, 0.6) is 0 Å². The Morgan fingerprint density at radius 1 is 1.67 bits per heavy atom. The Morgan fingerprint density at radius 3 is 3.17 bits per heavy atom. The predicted molar refractivity (Wildman–Crippen MR) is 61.7 cm³/mol. The van der Waals surface area contributed by atoms with Crippen LogP contribution in [0.15, 0.2) is 12.3 Å². The molecule has 1 aromatic rings. The van der Waals surface area contributed by atoms with Crippen LogP contribution in [0.2, 0.25) is 0 Å². The lowest BCUT2D eigenvalue weighted by molar-refractivity contribution is 0.0885. The van der Waals surface area contributed by atoms with Gasteiger partial charge in [0.15, 0.2) is 0 Å². The first-order valence-corrected chi connectivity index (χ1v) is 5.99. The van der Waals surface area contributed by atoms with E-state index in [1.807, 2.05) is 0 Å². The van der Waals surface area contributed by atoms with Gasteiger partial charge in [0.25, 0.3) is 12.3 Å². The van der Waals surface area contributed by atoms with Gasteiger partial charge in [-0.05, 0) is 25.5 Å². The molecule has 0 bridgehead atoms. The van der Waals surface area contributed by atoms with Crippen molar-refractivity contribution in [3.05, 3.63) is 18.0 Å². The van der Waals surface area contributed by atoms with Crippen LogP contribution >= 0.6 is 0 Å². The molecule has 1 fully saturated rings. The smallest absolute Gasteiger partial charge is 0.271 e. The molecule has 18 heavy (non-hydrogen) atoms. The number of aromatic nitrogens is 2. The second-order valence-electron chi connectivity index (χ2n) is 4.28. The Bertz CT molecular complexity index is 402. The Morgan fingerprint density at radius 2 is 2.50 bits per heavy atom. The summed E-state index contributed by atoms with van der Waals surface area (Å²) in [6, 6.07) is 1.78. The van der Waals surface area contributed by atoms with Gasteiger partial charge < -0.3 is 10.6 Å². The molecule has 0 aromatic carbocycles. The van der Waals surface area contributed by atoms with Crippen molar-refractivity contribution in [3.8, 4) is 0 Å². The van der Waals surface area contributed by atoms with Gasteiger partial charge in [-0.1, -0.05) is 0 Å². The van der Waals surface area contributed by atoms with Crippen LogP contribution in [0, 0.1) is 0 Å². The second-order valence-corrected chi connectivity index (χ2v) is 4.28. The number of piperidine rings is 1. The fourth-order valence-corrected chi connectivity index (χ4v) is 1.98. The monoisotopic (exact) mass is 258 g/mol. The predicted octanol–water partition coefficient (Wildman–Crippen LogP) is 0.802. The second kappa shape index (κ2) is 5.90.